The lowest BCUT2D eigenvalue weighted by Gasteiger charge is -2.15. The third kappa shape index (κ3) is 4.75. The number of halogens is 2. The van der Waals surface area contributed by atoms with Crippen molar-refractivity contribution < 1.29 is 9.53 Å². The van der Waals surface area contributed by atoms with Gasteiger partial charge in [-0.25, -0.2) is 0 Å². The number of rotatable bonds is 7. The van der Waals surface area contributed by atoms with E-state index >= 15 is 0 Å². The van der Waals surface area contributed by atoms with Crippen LogP contribution in [0.1, 0.15) is 25.7 Å². The van der Waals surface area contributed by atoms with Crippen LogP contribution in [0.2, 0.25) is 10.0 Å². The normalized spacial score (nSPS) is 21.4. The maximum Gasteiger partial charge on any atom is 0.223 e. The van der Waals surface area contributed by atoms with Crippen molar-refractivity contribution in [3.8, 4) is 5.75 Å². The van der Waals surface area contributed by atoms with Crippen LogP contribution in [0.5, 0.6) is 5.75 Å². The number of amides is 1. The molecule has 23 heavy (non-hydrogen) atoms. The highest BCUT2D eigenvalue weighted by molar-refractivity contribution is 6.42. The molecule has 126 valence electrons. The van der Waals surface area contributed by atoms with Crippen molar-refractivity contribution in [1.29, 1.82) is 0 Å². The van der Waals surface area contributed by atoms with Gasteiger partial charge in [0.15, 0.2) is 0 Å². The van der Waals surface area contributed by atoms with E-state index in [0.29, 0.717) is 34.7 Å². The summed E-state index contributed by atoms with van der Waals surface area (Å²) >= 11 is 12.0. The molecule has 0 radical (unpaired) electrons. The van der Waals surface area contributed by atoms with Crippen molar-refractivity contribution in [2.24, 2.45) is 5.92 Å². The summed E-state index contributed by atoms with van der Waals surface area (Å²) in [6, 6.07) is 6.05. The summed E-state index contributed by atoms with van der Waals surface area (Å²) in [5.41, 5.74) is 0. The molecule has 1 aliphatic carbocycles. The largest absolute Gasteiger partial charge is 0.491 e. The van der Waals surface area contributed by atoms with E-state index in [-0.39, 0.29) is 5.91 Å². The minimum atomic E-state index is 0.0213. The molecule has 1 atom stereocenters. The Labute approximate surface area is 147 Å². The number of benzene rings is 1. The standard InChI is InChI=1S/C17H22Cl2N2O2/c18-14-2-1-3-15(17(14)19)23-9-7-16(22)20-10-12-6-8-21(11-12)13-4-5-13/h1-3,12-13H,4-11H2,(H,20,22). The molecule has 4 nitrogen and oxygen atoms in total. The van der Waals surface area contributed by atoms with Crippen LogP contribution in [-0.4, -0.2) is 43.1 Å². The summed E-state index contributed by atoms with van der Waals surface area (Å²) in [5.74, 6) is 1.12. The lowest BCUT2D eigenvalue weighted by molar-refractivity contribution is -0.121. The third-order valence-electron chi connectivity index (χ3n) is 4.47. The van der Waals surface area contributed by atoms with Crippen molar-refractivity contribution in [2.75, 3.05) is 26.2 Å². The van der Waals surface area contributed by atoms with Gasteiger partial charge in [-0.05, 0) is 43.9 Å². The molecule has 3 rings (SSSR count). The fraction of sp³-hybridized carbons (Fsp3) is 0.588. The van der Waals surface area contributed by atoms with Gasteiger partial charge in [-0.3, -0.25) is 4.79 Å². The minimum Gasteiger partial charge on any atom is -0.491 e. The van der Waals surface area contributed by atoms with E-state index in [1.165, 1.54) is 25.8 Å². The number of carbonyl (C=O) groups is 1. The van der Waals surface area contributed by atoms with E-state index in [2.05, 4.69) is 10.2 Å². The van der Waals surface area contributed by atoms with Gasteiger partial charge in [0.1, 0.15) is 10.8 Å². The van der Waals surface area contributed by atoms with Crippen molar-refractivity contribution >= 4 is 29.1 Å². The predicted octanol–water partition coefficient (Wildman–Crippen LogP) is 3.36. The zero-order valence-corrected chi connectivity index (χ0v) is 14.6. The molecule has 1 saturated heterocycles. The third-order valence-corrected chi connectivity index (χ3v) is 5.27. The summed E-state index contributed by atoms with van der Waals surface area (Å²) in [6.45, 7) is 3.37. The lowest BCUT2D eigenvalue weighted by atomic mass is 10.1. The smallest absolute Gasteiger partial charge is 0.223 e. The molecule has 1 saturated carbocycles. The fourth-order valence-corrected chi connectivity index (χ4v) is 3.34. The van der Waals surface area contributed by atoms with Crippen LogP contribution >= 0.6 is 23.2 Å². The molecule has 0 bridgehead atoms. The molecule has 1 amide bonds. The number of hydrogen-bond donors (Lipinski definition) is 1. The zero-order valence-electron chi connectivity index (χ0n) is 13.1. The molecule has 1 aromatic carbocycles. The molecule has 1 unspecified atom stereocenters. The Hall–Kier alpha value is -0.970. The molecule has 1 N–H and O–H groups in total. The molecule has 2 fully saturated rings. The van der Waals surface area contributed by atoms with E-state index in [9.17, 15) is 4.79 Å². The van der Waals surface area contributed by atoms with E-state index in [1.807, 2.05) is 0 Å². The topological polar surface area (TPSA) is 41.6 Å². The quantitative estimate of drug-likeness (QED) is 0.814. The number of likely N-dealkylation sites (tertiary alicyclic amines) is 1. The van der Waals surface area contributed by atoms with Crippen LogP contribution in [0.3, 0.4) is 0 Å². The second kappa shape index (κ2) is 7.73. The first-order chi connectivity index (χ1) is 11.1. The predicted molar refractivity (Wildman–Crippen MR) is 92.3 cm³/mol. The lowest BCUT2D eigenvalue weighted by Crippen LogP contribution is -2.32. The highest BCUT2D eigenvalue weighted by Gasteiger charge is 2.34. The number of ether oxygens (including phenoxy) is 1. The van der Waals surface area contributed by atoms with Gasteiger partial charge in [-0.15, -0.1) is 0 Å². The van der Waals surface area contributed by atoms with E-state index < -0.39 is 0 Å². The number of nitrogens with one attached hydrogen (secondary N) is 1. The van der Waals surface area contributed by atoms with Crippen molar-refractivity contribution in [3.05, 3.63) is 28.2 Å². The van der Waals surface area contributed by atoms with Crippen LogP contribution in [0.4, 0.5) is 0 Å². The molecule has 2 aliphatic rings. The van der Waals surface area contributed by atoms with Gasteiger partial charge < -0.3 is 15.0 Å². The first-order valence-electron chi connectivity index (χ1n) is 8.21. The molecule has 1 aliphatic heterocycles. The first-order valence-corrected chi connectivity index (χ1v) is 8.96. The van der Waals surface area contributed by atoms with Crippen LogP contribution < -0.4 is 10.1 Å². The van der Waals surface area contributed by atoms with Gasteiger partial charge in [0.05, 0.1) is 18.1 Å². The van der Waals surface area contributed by atoms with Crippen molar-refractivity contribution in [3.63, 3.8) is 0 Å². The molecule has 1 heterocycles. The van der Waals surface area contributed by atoms with Crippen molar-refractivity contribution in [2.45, 2.75) is 31.7 Å². The van der Waals surface area contributed by atoms with Gasteiger partial charge >= 0.3 is 0 Å². The fourth-order valence-electron chi connectivity index (χ4n) is 3.00. The molecular formula is C17H22Cl2N2O2. The van der Waals surface area contributed by atoms with Gasteiger partial charge in [0.2, 0.25) is 5.91 Å². The monoisotopic (exact) mass is 356 g/mol. The second-order valence-electron chi connectivity index (χ2n) is 6.34. The summed E-state index contributed by atoms with van der Waals surface area (Å²) in [4.78, 5) is 14.5. The number of nitrogens with zero attached hydrogens (tertiary/aromatic N) is 1. The average molecular weight is 357 g/mol. The van der Waals surface area contributed by atoms with E-state index in [4.69, 9.17) is 27.9 Å². The van der Waals surface area contributed by atoms with Crippen LogP contribution in [0, 0.1) is 5.92 Å². The van der Waals surface area contributed by atoms with Crippen LogP contribution in [0.15, 0.2) is 18.2 Å². The Kier molecular flexibility index (Phi) is 5.67. The highest BCUT2D eigenvalue weighted by Crippen LogP contribution is 2.32. The average Bonchev–Trinajstić information content (AvgIpc) is 3.28. The Morgan fingerprint density at radius 3 is 2.91 bits per heavy atom. The summed E-state index contributed by atoms with van der Waals surface area (Å²) in [6.07, 6.45) is 4.21. The molecule has 0 spiro atoms. The van der Waals surface area contributed by atoms with E-state index in [1.54, 1.807) is 18.2 Å². The first kappa shape index (κ1) is 16.9. The van der Waals surface area contributed by atoms with Gasteiger partial charge in [0, 0.05) is 19.1 Å². The molecule has 0 aromatic heterocycles. The van der Waals surface area contributed by atoms with Gasteiger partial charge in [0.25, 0.3) is 0 Å². The summed E-state index contributed by atoms with van der Waals surface area (Å²) in [7, 11) is 0. The Bertz CT molecular complexity index is 564. The highest BCUT2D eigenvalue weighted by atomic mass is 35.5. The molecule has 1 aromatic rings. The second-order valence-corrected chi connectivity index (χ2v) is 7.12. The maximum atomic E-state index is 11.9. The maximum absolute atomic E-state index is 11.9. The van der Waals surface area contributed by atoms with Crippen molar-refractivity contribution in [1.82, 2.24) is 10.2 Å². The Balaban J connectivity index is 1.33. The zero-order chi connectivity index (χ0) is 16.2. The minimum absolute atomic E-state index is 0.0213. The Morgan fingerprint density at radius 2 is 2.13 bits per heavy atom. The Morgan fingerprint density at radius 1 is 1.30 bits per heavy atom. The van der Waals surface area contributed by atoms with E-state index in [0.717, 1.165) is 19.1 Å². The van der Waals surface area contributed by atoms with Crippen LogP contribution in [-0.2, 0) is 4.79 Å². The SMILES string of the molecule is O=C(CCOc1cccc(Cl)c1Cl)NCC1CCN(C2CC2)C1. The van der Waals surface area contributed by atoms with Gasteiger partial charge in [-0.2, -0.15) is 0 Å². The summed E-state index contributed by atoms with van der Waals surface area (Å²) in [5, 5.41) is 3.86. The number of carbonyl (C=O) groups excluding carboxylic acids is 1. The number of hydrogen-bond acceptors (Lipinski definition) is 3. The van der Waals surface area contributed by atoms with Gasteiger partial charge in [-0.1, -0.05) is 29.3 Å². The van der Waals surface area contributed by atoms with Crippen LogP contribution in [0.25, 0.3) is 0 Å². The molecular weight excluding hydrogens is 335 g/mol. The summed E-state index contributed by atoms with van der Waals surface area (Å²) < 4.78 is 5.53. The molecule has 6 heteroatoms.